The topological polar surface area (TPSA) is 82.2 Å². The van der Waals surface area contributed by atoms with Crippen molar-refractivity contribution in [2.45, 2.75) is 32.7 Å². The van der Waals surface area contributed by atoms with Crippen LogP contribution in [0, 0.1) is 19.8 Å². The van der Waals surface area contributed by atoms with Gasteiger partial charge in [0.25, 0.3) is 5.91 Å². The number of aromatic nitrogens is 2. The van der Waals surface area contributed by atoms with Crippen molar-refractivity contribution in [2.24, 2.45) is 18.7 Å². The summed E-state index contributed by atoms with van der Waals surface area (Å²) in [6.45, 7) is 4.28. The molecular formula is C13H22N4O2. The number of nitrogens with two attached hydrogens (primary N) is 1. The molecule has 1 aliphatic rings. The highest BCUT2D eigenvalue weighted by molar-refractivity contribution is 5.78. The normalized spacial score (nSPS) is 16.2. The van der Waals surface area contributed by atoms with Crippen molar-refractivity contribution in [3.05, 3.63) is 11.4 Å². The van der Waals surface area contributed by atoms with Crippen LogP contribution in [-0.2, 0) is 11.8 Å². The van der Waals surface area contributed by atoms with Crippen LogP contribution in [0.1, 0.15) is 24.2 Å². The van der Waals surface area contributed by atoms with Crippen molar-refractivity contribution in [3.8, 4) is 5.75 Å². The second-order valence-electron chi connectivity index (χ2n) is 5.16. The van der Waals surface area contributed by atoms with Crippen molar-refractivity contribution >= 4 is 5.91 Å². The van der Waals surface area contributed by atoms with Gasteiger partial charge in [-0.25, -0.2) is 0 Å². The number of nitrogens with one attached hydrogen (secondary N) is 1. The molecule has 1 unspecified atom stereocenters. The molecule has 0 spiro atoms. The third kappa shape index (κ3) is 3.26. The van der Waals surface area contributed by atoms with Crippen LogP contribution in [0.15, 0.2) is 0 Å². The van der Waals surface area contributed by atoms with E-state index < -0.39 is 0 Å². The highest BCUT2D eigenvalue weighted by atomic mass is 16.5. The first-order valence-electron chi connectivity index (χ1n) is 6.65. The summed E-state index contributed by atoms with van der Waals surface area (Å²) in [5.74, 6) is 1.12. The fourth-order valence-corrected chi connectivity index (χ4v) is 2.22. The first-order valence-corrected chi connectivity index (χ1v) is 6.65. The van der Waals surface area contributed by atoms with Crippen molar-refractivity contribution < 1.29 is 9.53 Å². The van der Waals surface area contributed by atoms with Gasteiger partial charge in [-0.1, -0.05) is 0 Å². The molecule has 19 heavy (non-hydrogen) atoms. The third-order valence-corrected chi connectivity index (χ3v) is 3.58. The predicted octanol–water partition coefficient (Wildman–Crippen LogP) is 0.269. The molecule has 1 saturated carbocycles. The Hall–Kier alpha value is -1.56. The minimum absolute atomic E-state index is 0.0105. The zero-order valence-corrected chi connectivity index (χ0v) is 11.8. The summed E-state index contributed by atoms with van der Waals surface area (Å²) in [4.78, 5) is 11.8. The molecule has 1 heterocycles. The van der Waals surface area contributed by atoms with E-state index in [0.717, 1.165) is 24.2 Å². The SMILES string of the molecule is Cc1nn(C)c(C)c1OCC(=O)NC(CN)C1CC1. The van der Waals surface area contributed by atoms with Gasteiger partial charge in [0.1, 0.15) is 5.69 Å². The Balaban J connectivity index is 1.85. The molecular weight excluding hydrogens is 244 g/mol. The first-order chi connectivity index (χ1) is 9.02. The maximum atomic E-state index is 11.8. The largest absolute Gasteiger partial charge is 0.480 e. The molecule has 0 aliphatic heterocycles. The van der Waals surface area contributed by atoms with Gasteiger partial charge in [0.15, 0.2) is 12.4 Å². The molecule has 6 nitrogen and oxygen atoms in total. The summed E-state index contributed by atoms with van der Waals surface area (Å²) in [6.07, 6.45) is 2.31. The van der Waals surface area contributed by atoms with Gasteiger partial charge < -0.3 is 15.8 Å². The average Bonchev–Trinajstić information content (AvgIpc) is 3.16. The molecule has 1 aromatic rings. The van der Waals surface area contributed by atoms with Gasteiger partial charge in [-0.15, -0.1) is 0 Å². The number of aryl methyl sites for hydroxylation is 2. The maximum Gasteiger partial charge on any atom is 0.258 e. The molecule has 1 fully saturated rings. The molecule has 1 aromatic heterocycles. The van der Waals surface area contributed by atoms with Crippen LogP contribution in [0.25, 0.3) is 0 Å². The van der Waals surface area contributed by atoms with Crippen molar-refractivity contribution in [1.29, 1.82) is 0 Å². The molecule has 106 valence electrons. The number of hydrogen-bond acceptors (Lipinski definition) is 4. The van der Waals surface area contributed by atoms with Gasteiger partial charge in [0, 0.05) is 19.6 Å². The zero-order valence-electron chi connectivity index (χ0n) is 11.8. The van der Waals surface area contributed by atoms with Crippen LogP contribution < -0.4 is 15.8 Å². The second-order valence-corrected chi connectivity index (χ2v) is 5.16. The number of hydrogen-bond donors (Lipinski definition) is 2. The quantitative estimate of drug-likeness (QED) is 0.774. The molecule has 1 aliphatic carbocycles. The smallest absolute Gasteiger partial charge is 0.258 e. The highest BCUT2D eigenvalue weighted by Gasteiger charge is 2.31. The molecule has 6 heteroatoms. The maximum absolute atomic E-state index is 11.8. The lowest BCUT2D eigenvalue weighted by Gasteiger charge is -2.16. The fourth-order valence-electron chi connectivity index (χ4n) is 2.22. The van der Waals surface area contributed by atoms with E-state index in [1.165, 1.54) is 0 Å². The van der Waals surface area contributed by atoms with Gasteiger partial charge in [-0.05, 0) is 32.6 Å². The lowest BCUT2D eigenvalue weighted by molar-refractivity contribution is -0.123. The first kappa shape index (κ1) is 13.9. The Morgan fingerprint density at radius 2 is 2.26 bits per heavy atom. The molecule has 1 atom stereocenters. The number of nitrogens with zero attached hydrogens (tertiary/aromatic N) is 2. The van der Waals surface area contributed by atoms with Gasteiger partial charge in [-0.3, -0.25) is 9.48 Å². The number of rotatable bonds is 6. The van der Waals surface area contributed by atoms with Crippen molar-refractivity contribution in [2.75, 3.05) is 13.2 Å². The van der Waals surface area contributed by atoms with Gasteiger partial charge >= 0.3 is 0 Å². The van der Waals surface area contributed by atoms with Crippen LogP contribution in [-0.4, -0.2) is 34.9 Å². The second kappa shape index (κ2) is 5.61. The van der Waals surface area contributed by atoms with E-state index in [-0.39, 0.29) is 18.6 Å². The van der Waals surface area contributed by atoms with Crippen LogP contribution in [0.3, 0.4) is 0 Å². The Morgan fingerprint density at radius 1 is 1.58 bits per heavy atom. The van der Waals surface area contributed by atoms with Crippen molar-refractivity contribution in [1.82, 2.24) is 15.1 Å². The van der Waals surface area contributed by atoms with Crippen LogP contribution >= 0.6 is 0 Å². The number of amides is 1. The average molecular weight is 266 g/mol. The molecule has 2 rings (SSSR count). The number of carbonyl (C=O) groups excluding carboxylic acids is 1. The van der Waals surface area contributed by atoms with Crippen molar-refractivity contribution in [3.63, 3.8) is 0 Å². The predicted molar refractivity (Wildman–Crippen MR) is 71.9 cm³/mol. The Labute approximate surface area is 113 Å². The number of ether oxygens (including phenoxy) is 1. The summed E-state index contributed by atoms with van der Waals surface area (Å²) in [5, 5.41) is 7.17. The summed E-state index contributed by atoms with van der Waals surface area (Å²) in [5.41, 5.74) is 7.37. The highest BCUT2D eigenvalue weighted by Crippen LogP contribution is 2.32. The minimum atomic E-state index is -0.120. The standard InChI is InChI=1S/C13H22N4O2/c1-8-13(9(2)17(3)16-8)19-7-12(18)15-11(6-14)10-4-5-10/h10-11H,4-7,14H2,1-3H3,(H,15,18). The zero-order chi connectivity index (χ0) is 14.0. The number of carbonyl (C=O) groups is 1. The van der Waals surface area contributed by atoms with Gasteiger partial charge in [-0.2, -0.15) is 5.10 Å². The lowest BCUT2D eigenvalue weighted by Crippen LogP contribution is -2.43. The van der Waals surface area contributed by atoms with Gasteiger partial charge in [0.05, 0.1) is 5.69 Å². The summed E-state index contributed by atoms with van der Waals surface area (Å²) < 4.78 is 7.31. The van der Waals surface area contributed by atoms with Crippen LogP contribution in [0.2, 0.25) is 0 Å². The third-order valence-electron chi connectivity index (χ3n) is 3.58. The van der Waals surface area contributed by atoms with E-state index in [9.17, 15) is 4.79 Å². The monoisotopic (exact) mass is 266 g/mol. The van der Waals surface area contributed by atoms with E-state index >= 15 is 0 Å². The van der Waals surface area contributed by atoms with E-state index in [0.29, 0.717) is 18.2 Å². The van der Waals surface area contributed by atoms with E-state index in [1.807, 2.05) is 20.9 Å². The van der Waals surface area contributed by atoms with Crippen LogP contribution in [0.5, 0.6) is 5.75 Å². The Bertz CT molecular complexity index is 465. The minimum Gasteiger partial charge on any atom is -0.480 e. The molecule has 1 amide bonds. The van der Waals surface area contributed by atoms with Crippen LogP contribution in [0.4, 0.5) is 0 Å². The van der Waals surface area contributed by atoms with E-state index in [4.69, 9.17) is 10.5 Å². The molecule has 3 N–H and O–H groups in total. The Morgan fingerprint density at radius 3 is 2.74 bits per heavy atom. The fraction of sp³-hybridized carbons (Fsp3) is 0.692. The molecule has 0 radical (unpaired) electrons. The summed E-state index contributed by atoms with van der Waals surface area (Å²) in [6, 6.07) is 0.0900. The van der Waals surface area contributed by atoms with E-state index in [2.05, 4.69) is 10.4 Å². The van der Waals surface area contributed by atoms with E-state index in [1.54, 1.807) is 4.68 Å². The molecule has 0 bridgehead atoms. The molecule has 0 aromatic carbocycles. The Kier molecular flexibility index (Phi) is 4.09. The summed E-state index contributed by atoms with van der Waals surface area (Å²) in [7, 11) is 1.85. The molecule has 0 saturated heterocycles. The lowest BCUT2D eigenvalue weighted by atomic mass is 10.2. The van der Waals surface area contributed by atoms with Gasteiger partial charge in [0.2, 0.25) is 0 Å². The summed E-state index contributed by atoms with van der Waals surface area (Å²) >= 11 is 0.